The lowest BCUT2D eigenvalue weighted by atomic mass is 10.2. The van der Waals surface area contributed by atoms with Crippen LogP contribution in [0.2, 0.25) is 0 Å². The molecule has 5 nitrogen and oxygen atoms in total. The Labute approximate surface area is 105 Å². The molecule has 0 aliphatic carbocycles. The van der Waals surface area contributed by atoms with Crippen LogP contribution < -0.4 is 5.73 Å². The van der Waals surface area contributed by atoms with Crippen LogP contribution in [-0.4, -0.2) is 23.0 Å². The summed E-state index contributed by atoms with van der Waals surface area (Å²) in [7, 11) is 1.33. The molecule has 0 saturated carbocycles. The minimum Gasteiger partial charge on any atom is -0.465 e. The smallest absolute Gasteiger partial charge is 0.339 e. The molecule has 82 valence electrons. The molecule has 16 heavy (non-hydrogen) atoms. The van der Waals surface area contributed by atoms with E-state index in [0.29, 0.717) is 17.0 Å². The second-order valence-corrected chi connectivity index (χ2v) is 4.28. The number of aromatic nitrogens is 2. The van der Waals surface area contributed by atoms with Crippen LogP contribution in [0.3, 0.4) is 0 Å². The molecule has 0 aromatic carbocycles. The molecule has 6 heteroatoms. The Morgan fingerprint density at radius 2 is 2.25 bits per heavy atom. The monoisotopic (exact) mass is 329 g/mol. The van der Waals surface area contributed by atoms with Crippen molar-refractivity contribution in [2.75, 3.05) is 12.8 Å². The van der Waals surface area contributed by atoms with Gasteiger partial charge in [0.15, 0.2) is 5.65 Å². The number of rotatable bonds is 1. The zero-order valence-electron chi connectivity index (χ0n) is 8.40. The summed E-state index contributed by atoms with van der Waals surface area (Å²) in [5, 5.41) is 0.765. The van der Waals surface area contributed by atoms with E-state index in [1.807, 2.05) is 6.07 Å². The fourth-order valence-electron chi connectivity index (χ4n) is 1.28. The Kier molecular flexibility index (Phi) is 2.90. The highest BCUT2D eigenvalue weighted by molar-refractivity contribution is 14.1. The molecule has 0 aliphatic rings. The van der Waals surface area contributed by atoms with Crippen LogP contribution in [0.15, 0.2) is 18.3 Å². The number of esters is 1. The number of pyridine rings is 2. The van der Waals surface area contributed by atoms with Gasteiger partial charge in [-0.2, -0.15) is 0 Å². The topological polar surface area (TPSA) is 78.1 Å². The number of ether oxygens (including phenoxy) is 1. The van der Waals surface area contributed by atoms with Crippen LogP contribution in [0, 0.1) is 3.57 Å². The van der Waals surface area contributed by atoms with E-state index in [2.05, 4.69) is 37.3 Å². The number of nitrogens with zero attached hydrogens (tertiary/aromatic N) is 2. The summed E-state index contributed by atoms with van der Waals surface area (Å²) in [6, 6.07) is 3.51. The van der Waals surface area contributed by atoms with E-state index in [9.17, 15) is 4.79 Å². The molecule has 2 rings (SSSR count). The zero-order chi connectivity index (χ0) is 11.7. The fourth-order valence-corrected chi connectivity index (χ4v) is 1.74. The summed E-state index contributed by atoms with van der Waals surface area (Å²) in [4.78, 5) is 19.5. The first-order chi connectivity index (χ1) is 7.61. The zero-order valence-corrected chi connectivity index (χ0v) is 10.6. The normalized spacial score (nSPS) is 10.4. The summed E-state index contributed by atoms with van der Waals surface area (Å²) in [5.41, 5.74) is 6.58. The van der Waals surface area contributed by atoms with Crippen LogP contribution >= 0.6 is 22.6 Å². The van der Waals surface area contributed by atoms with Crippen LogP contribution in [-0.2, 0) is 4.74 Å². The number of halogens is 1. The van der Waals surface area contributed by atoms with Crippen molar-refractivity contribution in [2.24, 2.45) is 0 Å². The molecule has 0 spiro atoms. The first-order valence-electron chi connectivity index (χ1n) is 4.42. The third-order valence-electron chi connectivity index (χ3n) is 2.07. The molecule has 0 radical (unpaired) electrons. The molecule has 2 heterocycles. The van der Waals surface area contributed by atoms with E-state index >= 15 is 0 Å². The molecule has 0 unspecified atom stereocenters. The highest BCUT2D eigenvalue weighted by atomic mass is 127. The van der Waals surface area contributed by atoms with E-state index in [4.69, 9.17) is 5.73 Å². The predicted octanol–water partition coefficient (Wildman–Crippen LogP) is 1.60. The molecule has 2 N–H and O–H groups in total. The Bertz CT molecular complexity index is 571. The first kappa shape index (κ1) is 11.1. The van der Waals surface area contributed by atoms with Gasteiger partial charge in [-0.25, -0.2) is 14.8 Å². The van der Waals surface area contributed by atoms with Gasteiger partial charge in [-0.15, -0.1) is 0 Å². The Morgan fingerprint density at radius 3 is 2.94 bits per heavy atom. The predicted molar refractivity (Wildman–Crippen MR) is 68.0 cm³/mol. The fraction of sp³-hybridized carbons (Fsp3) is 0.100. The average molecular weight is 329 g/mol. The maximum Gasteiger partial charge on any atom is 0.339 e. The molecule has 0 bridgehead atoms. The number of hydrogen-bond donors (Lipinski definition) is 1. The van der Waals surface area contributed by atoms with E-state index < -0.39 is 5.97 Å². The van der Waals surface area contributed by atoms with Gasteiger partial charge in [0.25, 0.3) is 0 Å². The molecule has 0 fully saturated rings. The average Bonchev–Trinajstić information content (AvgIpc) is 2.29. The Hall–Kier alpha value is -1.44. The second kappa shape index (κ2) is 4.20. The molecule has 2 aromatic rings. The third kappa shape index (κ3) is 1.92. The van der Waals surface area contributed by atoms with Gasteiger partial charge in [-0.3, -0.25) is 0 Å². The van der Waals surface area contributed by atoms with Crippen LogP contribution in [0.4, 0.5) is 5.82 Å². The number of methoxy groups -OCH3 is 1. The highest BCUT2D eigenvalue weighted by Crippen LogP contribution is 2.19. The number of hydrogen-bond acceptors (Lipinski definition) is 5. The van der Waals surface area contributed by atoms with Crippen molar-refractivity contribution in [2.45, 2.75) is 0 Å². The van der Waals surface area contributed by atoms with Gasteiger partial charge < -0.3 is 10.5 Å². The summed E-state index contributed by atoms with van der Waals surface area (Å²) in [6.07, 6.45) is 1.42. The minimum atomic E-state index is -0.416. The highest BCUT2D eigenvalue weighted by Gasteiger charge is 2.08. The van der Waals surface area contributed by atoms with Gasteiger partial charge in [-0.05, 0) is 34.7 Å². The molecular formula is C10H8IN3O2. The summed E-state index contributed by atoms with van der Waals surface area (Å²) < 4.78 is 5.44. The molecular weight excluding hydrogens is 321 g/mol. The lowest BCUT2D eigenvalue weighted by Gasteiger charge is -2.03. The van der Waals surface area contributed by atoms with Crippen molar-refractivity contribution >= 4 is 45.4 Å². The van der Waals surface area contributed by atoms with E-state index in [1.54, 1.807) is 6.07 Å². The maximum atomic E-state index is 11.3. The quantitative estimate of drug-likeness (QED) is 0.635. The SMILES string of the molecule is COC(=O)c1cnc2nc(N)c(I)cc2c1. The van der Waals surface area contributed by atoms with Crippen LogP contribution in [0.1, 0.15) is 10.4 Å². The summed E-state index contributed by atoms with van der Waals surface area (Å²) in [5.74, 6) is 0.0210. The van der Waals surface area contributed by atoms with Crippen molar-refractivity contribution in [3.63, 3.8) is 0 Å². The van der Waals surface area contributed by atoms with Crippen LogP contribution in [0.5, 0.6) is 0 Å². The van der Waals surface area contributed by atoms with E-state index in [-0.39, 0.29) is 0 Å². The second-order valence-electron chi connectivity index (χ2n) is 3.12. The molecule has 0 atom stereocenters. The molecule has 0 saturated heterocycles. The summed E-state index contributed by atoms with van der Waals surface area (Å²) >= 11 is 2.08. The number of nitrogens with two attached hydrogens (primary N) is 1. The van der Waals surface area contributed by atoms with Gasteiger partial charge in [-0.1, -0.05) is 0 Å². The third-order valence-corrected chi connectivity index (χ3v) is 2.93. The lowest BCUT2D eigenvalue weighted by molar-refractivity contribution is 0.0600. The van der Waals surface area contributed by atoms with Gasteiger partial charge in [0, 0.05) is 11.6 Å². The van der Waals surface area contributed by atoms with Gasteiger partial charge in [0.1, 0.15) is 5.82 Å². The number of nitrogen functional groups attached to an aromatic ring is 1. The number of carbonyl (C=O) groups is 1. The number of fused-ring (bicyclic) bond motifs is 1. The lowest BCUT2D eigenvalue weighted by Crippen LogP contribution is -2.03. The molecule has 0 amide bonds. The first-order valence-corrected chi connectivity index (χ1v) is 5.50. The van der Waals surface area contributed by atoms with Crippen molar-refractivity contribution < 1.29 is 9.53 Å². The summed E-state index contributed by atoms with van der Waals surface area (Å²) in [6.45, 7) is 0. The van der Waals surface area contributed by atoms with Crippen molar-refractivity contribution in [3.8, 4) is 0 Å². The number of anilines is 1. The maximum absolute atomic E-state index is 11.3. The van der Waals surface area contributed by atoms with Gasteiger partial charge >= 0.3 is 5.97 Å². The standard InChI is InChI=1S/C10H8IN3O2/c1-16-10(15)6-2-5-3-7(11)8(12)14-9(5)13-4-6/h2-4H,1H3,(H2,12,13,14). The van der Waals surface area contributed by atoms with Gasteiger partial charge in [0.05, 0.1) is 16.2 Å². The van der Waals surface area contributed by atoms with Crippen molar-refractivity contribution in [1.29, 1.82) is 0 Å². The molecule has 0 aliphatic heterocycles. The number of carbonyl (C=O) groups excluding carboxylic acids is 1. The van der Waals surface area contributed by atoms with E-state index in [0.717, 1.165) is 8.96 Å². The van der Waals surface area contributed by atoms with Crippen molar-refractivity contribution in [3.05, 3.63) is 27.5 Å². The Morgan fingerprint density at radius 1 is 1.50 bits per heavy atom. The Balaban J connectivity index is 2.62. The largest absolute Gasteiger partial charge is 0.465 e. The molecule has 2 aromatic heterocycles. The van der Waals surface area contributed by atoms with E-state index in [1.165, 1.54) is 13.3 Å². The van der Waals surface area contributed by atoms with Crippen molar-refractivity contribution in [1.82, 2.24) is 9.97 Å². The minimum absolute atomic E-state index is 0.400. The van der Waals surface area contributed by atoms with Gasteiger partial charge in [0.2, 0.25) is 0 Å². The van der Waals surface area contributed by atoms with Crippen LogP contribution in [0.25, 0.3) is 11.0 Å².